The Labute approximate surface area is 211 Å². The van der Waals surface area contributed by atoms with Crippen molar-refractivity contribution in [3.63, 3.8) is 0 Å². The van der Waals surface area contributed by atoms with Gasteiger partial charge in [-0.2, -0.15) is 4.37 Å². The first-order valence-corrected chi connectivity index (χ1v) is 13.2. The summed E-state index contributed by atoms with van der Waals surface area (Å²) in [7, 11) is 1.67. The Morgan fingerprint density at radius 1 is 1.06 bits per heavy atom. The van der Waals surface area contributed by atoms with Gasteiger partial charge < -0.3 is 15.0 Å². The van der Waals surface area contributed by atoms with Crippen molar-refractivity contribution >= 4 is 22.6 Å². The molecule has 0 bridgehead atoms. The molecule has 8 heteroatoms. The fraction of sp³-hybridized carbons (Fsp3) is 0.444. The van der Waals surface area contributed by atoms with Gasteiger partial charge in [-0.05, 0) is 48.9 Å². The summed E-state index contributed by atoms with van der Waals surface area (Å²) in [6, 6.07) is 18.7. The molecule has 0 aliphatic carbocycles. The van der Waals surface area contributed by atoms with E-state index in [-0.39, 0.29) is 18.0 Å². The summed E-state index contributed by atoms with van der Waals surface area (Å²) in [5.74, 6) is 1.75. The van der Waals surface area contributed by atoms with Gasteiger partial charge >= 0.3 is 0 Å². The molecule has 0 radical (unpaired) electrons. The molecule has 5 rings (SSSR count). The fourth-order valence-electron chi connectivity index (χ4n) is 5.04. The molecule has 7 nitrogen and oxygen atoms in total. The van der Waals surface area contributed by atoms with Gasteiger partial charge in [-0.3, -0.25) is 9.69 Å². The number of aromatic nitrogens is 2. The number of hydrogen-bond acceptors (Lipinski definition) is 7. The number of carbonyl (C=O) groups is 1. The first-order chi connectivity index (χ1) is 17.2. The second kappa shape index (κ2) is 11.2. The molecule has 2 aliphatic heterocycles. The first-order valence-electron chi connectivity index (χ1n) is 12.5. The van der Waals surface area contributed by atoms with Crippen LogP contribution in [0.3, 0.4) is 0 Å². The number of carbonyl (C=O) groups excluding carboxylic acids is 1. The Balaban J connectivity index is 1.14. The smallest absolute Gasteiger partial charge is 0.243 e. The number of anilines is 1. The molecule has 2 aliphatic rings. The van der Waals surface area contributed by atoms with Gasteiger partial charge in [0.25, 0.3) is 0 Å². The summed E-state index contributed by atoms with van der Waals surface area (Å²) in [6.45, 7) is 3.85. The van der Waals surface area contributed by atoms with Gasteiger partial charge in [0.2, 0.25) is 11.0 Å². The van der Waals surface area contributed by atoms with E-state index in [1.54, 1.807) is 7.11 Å². The van der Waals surface area contributed by atoms with Crippen LogP contribution in [0.2, 0.25) is 0 Å². The Hall–Kier alpha value is -2.97. The van der Waals surface area contributed by atoms with Crippen molar-refractivity contribution in [2.24, 2.45) is 0 Å². The number of amides is 1. The number of hydrogen-bond donors (Lipinski definition) is 1. The average molecular weight is 492 g/mol. The maximum atomic E-state index is 13.2. The van der Waals surface area contributed by atoms with Crippen LogP contribution < -0.4 is 15.0 Å². The van der Waals surface area contributed by atoms with E-state index in [4.69, 9.17) is 9.72 Å². The quantitative estimate of drug-likeness (QED) is 0.516. The molecule has 184 valence electrons. The summed E-state index contributed by atoms with van der Waals surface area (Å²) < 4.78 is 9.90. The van der Waals surface area contributed by atoms with E-state index in [1.165, 1.54) is 17.1 Å². The number of likely N-dealkylation sites (tertiary alicyclic amines) is 1. The van der Waals surface area contributed by atoms with Gasteiger partial charge in [-0.1, -0.05) is 42.5 Å². The van der Waals surface area contributed by atoms with Crippen molar-refractivity contribution < 1.29 is 9.53 Å². The fourth-order valence-corrected chi connectivity index (χ4v) is 5.80. The van der Waals surface area contributed by atoms with Gasteiger partial charge in [0, 0.05) is 50.2 Å². The van der Waals surface area contributed by atoms with Crippen LogP contribution in [-0.4, -0.2) is 59.0 Å². The summed E-state index contributed by atoms with van der Waals surface area (Å²) in [6.07, 6.45) is 4.51. The lowest BCUT2D eigenvalue weighted by Gasteiger charge is -2.33. The highest BCUT2D eigenvalue weighted by Crippen LogP contribution is 2.28. The lowest BCUT2D eigenvalue weighted by molar-refractivity contribution is -0.123. The minimum atomic E-state index is -0.157. The van der Waals surface area contributed by atoms with Crippen molar-refractivity contribution in [2.75, 3.05) is 31.6 Å². The van der Waals surface area contributed by atoms with E-state index in [9.17, 15) is 4.79 Å². The first kappa shape index (κ1) is 23.8. The molecule has 1 atom stereocenters. The summed E-state index contributed by atoms with van der Waals surface area (Å²) in [5, 5.41) is 4.19. The minimum Gasteiger partial charge on any atom is -0.497 e. The Morgan fingerprint density at radius 2 is 1.86 bits per heavy atom. The molecule has 3 heterocycles. The van der Waals surface area contributed by atoms with Crippen LogP contribution in [0.4, 0.5) is 5.13 Å². The van der Waals surface area contributed by atoms with Crippen LogP contribution in [0.5, 0.6) is 5.75 Å². The highest BCUT2D eigenvalue weighted by Gasteiger charge is 2.34. The van der Waals surface area contributed by atoms with E-state index in [0.717, 1.165) is 74.1 Å². The second-order valence-electron chi connectivity index (χ2n) is 9.42. The van der Waals surface area contributed by atoms with Crippen molar-refractivity contribution in [1.82, 2.24) is 19.6 Å². The maximum absolute atomic E-state index is 13.2. The number of rotatable bonds is 8. The van der Waals surface area contributed by atoms with E-state index < -0.39 is 0 Å². The molecule has 3 aromatic rings. The van der Waals surface area contributed by atoms with Crippen LogP contribution in [0.1, 0.15) is 42.6 Å². The van der Waals surface area contributed by atoms with Gasteiger partial charge in [0.05, 0.1) is 7.11 Å². The number of methoxy groups -OCH3 is 1. The lowest BCUT2D eigenvalue weighted by Crippen LogP contribution is -2.50. The number of nitrogens with one attached hydrogen (secondary N) is 1. The predicted molar refractivity (Wildman–Crippen MR) is 139 cm³/mol. The molecule has 1 aromatic heterocycles. The molecule has 2 aromatic carbocycles. The standard InChI is InChI=1S/C27H33N5O2S/c1-34-23-10-5-9-21(17-23)18-25-29-27(35-30-25)32-14-6-11-24(32)26(33)28-22-12-15-31(16-13-22)19-20-7-3-2-4-8-20/h2-5,7-10,17,22,24H,6,11-16,18-19H2,1H3,(H,28,33). The monoisotopic (exact) mass is 491 g/mol. The van der Waals surface area contributed by atoms with Crippen LogP contribution in [0, 0.1) is 0 Å². The zero-order valence-electron chi connectivity index (χ0n) is 20.2. The number of ether oxygens (including phenoxy) is 1. The maximum Gasteiger partial charge on any atom is 0.243 e. The summed E-state index contributed by atoms with van der Waals surface area (Å²) in [4.78, 5) is 22.6. The lowest BCUT2D eigenvalue weighted by atomic mass is 10.0. The number of nitrogens with zero attached hydrogens (tertiary/aromatic N) is 4. The molecule has 1 unspecified atom stereocenters. The SMILES string of the molecule is COc1cccc(Cc2nsc(N3CCCC3C(=O)NC3CCN(Cc4ccccc4)CC3)n2)c1. The summed E-state index contributed by atoms with van der Waals surface area (Å²) in [5.41, 5.74) is 2.46. The molecular formula is C27H33N5O2S. The van der Waals surface area contributed by atoms with Crippen molar-refractivity contribution in [3.05, 3.63) is 71.5 Å². The predicted octanol–water partition coefficient (Wildman–Crippen LogP) is 3.89. The van der Waals surface area contributed by atoms with Crippen molar-refractivity contribution in [3.8, 4) is 5.75 Å². The van der Waals surface area contributed by atoms with Crippen molar-refractivity contribution in [1.29, 1.82) is 0 Å². The highest BCUT2D eigenvalue weighted by molar-refractivity contribution is 7.09. The Bertz CT molecular complexity index is 1110. The third-order valence-corrected chi connectivity index (χ3v) is 7.73. The van der Waals surface area contributed by atoms with Crippen LogP contribution in [0.25, 0.3) is 0 Å². The molecule has 0 saturated carbocycles. The Kier molecular flexibility index (Phi) is 7.59. The van der Waals surface area contributed by atoms with Gasteiger partial charge in [0.15, 0.2) is 0 Å². The molecule has 2 saturated heterocycles. The molecule has 1 amide bonds. The third kappa shape index (κ3) is 6.00. The van der Waals surface area contributed by atoms with Gasteiger partial charge in [-0.15, -0.1) is 0 Å². The average Bonchev–Trinajstić information content (AvgIpc) is 3.56. The molecular weight excluding hydrogens is 458 g/mol. The van der Waals surface area contributed by atoms with Crippen LogP contribution in [0.15, 0.2) is 54.6 Å². The number of benzene rings is 2. The van der Waals surface area contributed by atoms with E-state index >= 15 is 0 Å². The normalized spacial score (nSPS) is 19.1. The van der Waals surface area contributed by atoms with Crippen LogP contribution in [-0.2, 0) is 17.8 Å². The largest absolute Gasteiger partial charge is 0.497 e. The molecule has 35 heavy (non-hydrogen) atoms. The Morgan fingerprint density at radius 3 is 2.66 bits per heavy atom. The highest BCUT2D eigenvalue weighted by atomic mass is 32.1. The van der Waals surface area contributed by atoms with Crippen LogP contribution >= 0.6 is 11.5 Å². The third-order valence-electron chi connectivity index (χ3n) is 6.94. The van der Waals surface area contributed by atoms with E-state index in [1.807, 2.05) is 18.2 Å². The van der Waals surface area contributed by atoms with E-state index in [2.05, 4.69) is 55.9 Å². The van der Waals surface area contributed by atoms with Gasteiger partial charge in [0.1, 0.15) is 17.6 Å². The summed E-state index contributed by atoms with van der Waals surface area (Å²) >= 11 is 1.39. The zero-order chi connectivity index (χ0) is 24.0. The molecule has 0 spiro atoms. The molecule has 2 fully saturated rings. The van der Waals surface area contributed by atoms with Gasteiger partial charge in [-0.25, -0.2) is 4.98 Å². The second-order valence-corrected chi connectivity index (χ2v) is 10.1. The van der Waals surface area contributed by atoms with Crippen molar-refractivity contribution in [2.45, 2.75) is 50.7 Å². The number of piperidine rings is 1. The topological polar surface area (TPSA) is 70.6 Å². The molecule has 1 N–H and O–H groups in total. The zero-order valence-corrected chi connectivity index (χ0v) is 21.0. The minimum absolute atomic E-state index is 0.133. The van der Waals surface area contributed by atoms with E-state index in [0.29, 0.717) is 6.42 Å².